The molecular formula is C4H4O5Pd. The molecule has 60 valence electrons. The zero-order chi connectivity index (χ0) is 7.44. The molecule has 0 radical (unpaired) electrons. The fraction of sp³-hybridized carbons (Fsp3) is 0.250. The minimum absolute atomic E-state index is 0. The first-order valence-electron chi connectivity index (χ1n) is 2.02. The summed E-state index contributed by atoms with van der Waals surface area (Å²) in [5.74, 6) is -4.44. The van der Waals surface area contributed by atoms with Gasteiger partial charge < -0.3 is 10.2 Å². The number of carbonyl (C=O) groups excluding carboxylic acids is 1. The molecule has 0 aromatic heterocycles. The predicted octanol–water partition coefficient (Wildman–Crippen LogP) is -0.888. The fourth-order valence-corrected chi connectivity index (χ4v) is 0.213. The van der Waals surface area contributed by atoms with Crippen molar-refractivity contribution in [2.45, 2.75) is 6.42 Å². The molecule has 0 aliphatic heterocycles. The van der Waals surface area contributed by atoms with Crippen LogP contribution in [0.4, 0.5) is 0 Å². The van der Waals surface area contributed by atoms with Crippen LogP contribution in [0.5, 0.6) is 0 Å². The quantitative estimate of drug-likeness (QED) is 0.378. The summed E-state index contributed by atoms with van der Waals surface area (Å²) >= 11 is 0. The van der Waals surface area contributed by atoms with Crippen molar-refractivity contribution in [1.82, 2.24) is 0 Å². The molecular weight excluding hydrogens is 234 g/mol. The second-order valence-corrected chi connectivity index (χ2v) is 1.30. The fourth-order valence-electron chi connectivity index (χ4n) is 0.213. The topological polar surface area (TPSA) is 91.7 Å². The summed E-state index contributed by atoms with van der Waals surface area (Å²) in [6.07, 6.45) is -0.949. The monoisotopic (exact) mass is 238 g/mol. The van der Waals surface area contributed by atoms with Gasteiger partial charge in [-0.2, -0.15) is 0 Å². The average molecular weight is 238 g/mol. The Morgan fingerprint density at radius 2 is 1.50 bits per heavy atom. The molecule has 2 N–H and O–H groups in total. The van der Waals surface area contributed by atoms with Gasteiger partial charge in [0.25, 0.3) is 5.78 Å². The molecule has 0 spiro atoms. The molecule has 0 saturated carbocycles. The van der Waals surface area contributed by atoms with Crippen molar-refractivity contribution in [2.24, 2.45) is 0 Å². The first kappa shape index (κ1) is 12.0. The van der Waals surface area contributed by atoms with Crippen molar-refractivity contribution in [3.63, 3.8) is 0 Å². The Kier molecular flexibility index (Phi) is 6.11. The molecule has 0 heterocycles. The maximum absolute atomic E-state index is 9.97. The Labute approximate surface area is 69.7 Å². The molecule has 0 aliphatic rings. The molecule has 0 aromatic rings. The molecule has 0 unspecified atom stereocenters. The van der Waals surface area contributed by atoms with Gasteiger partial charge in [0.05, 0.1) is 0 Å². The van der Waals surface area contributed by atoms with Crippen LogP contribution in [0.25, 0.3) is 0 Å². The van der Waals surface area contributed by atoms with Crippen LogP contribution < -0.4 is 0 Å². The van der Waals surface area contributed by atoms with Crippen molar-refractivity contribution in [1.29, 1.82) is 0 Å². The van der Waals surface area contributed by atoms with Crippen LogP contribution in [-0.4, -0.2) is 27.9 Å². The maximum atomic E-state index is 9.97. The zero-order valence-electron chi connectivity index (χ0n) is 4.64. The molecule has 6 heteroatoms. The van der Waals surface area contributed by atoms with Crippen LogP contribution in [0.15, 0.2) is 0 Å². The van der Waals surface area contributed by atoms with E-state index >= 15 is 0 Å². The number of ketones is 1. The Hall–Kier alpha value is -0.728. The third kappa shape index (κ3) is 5.41. The van der Waals surface area contributed by atoms with E-state index in [4.69, 9.17) is 10.2 Å². The molecule has 5 nitrogen and oxygen atoms in total. The van der Waals surface area contributed by atoms with E-state index in [9.17, 15) is 14.4 Å². The number of hydrogen-bond acceptors (Lipinski definition) is 3. The minimum Gasteiger partial charge on any atom is -0.481 e. The normalized spacial score (nSPS) is 7.60. The Morgan fingerprint density at radius 1 is 1.10 bits per heavy atom. The summed E-state index contributed by atoms with van der Waals surface area (Å²) in [4.78, 5) is 29.2. The van der Waals surface area contributed by atoms with Gasteiger partial charge in [0, 0.05) is 20.4 Å². The summed E-state index contributed by atoms with van der Waals surface area (Å²) in [5.41, 5.74) is 0. The van der Waals surface area contributed by atoms with E-state index in [1.54, 1.807) is 0 Å². The largest absolute Gasteiger partial charge is 0.481 e. The summed E-state index contributed by atoms with van der Waals surface area (Å²) in [6.45, 7) is 0. The third-order valence-corrected chi connectivity index (χ3v) is 0.550. The minimum atomic E-state index is -1.71. The Morgan fingerprint density at radius 3 is 1.60 bits per heavy atom. The van der Waals surface area contributed by atoms with Gasteiger partial charge in [0.2, 0.25) is 0 Å². The molecule has 0 atom stereocenters. The van der Waals surface area contributed by atoms with Crippen LogP contribution in [-0.2, 0) is 34.8 Å². The van der Waals surface area contributed by atoms with Crippen LogP contribution in [0.1, 0.15) is 6.42 Å². The Balaban J connectivity index is 0. The standard InChI is InChI=1S/C4H4O5.Pd/c5-2(4(8)9)1-3(6)7;/h1H2,(H,6,7)(H,8,9);. The number of carboxylic acids is 2. The van der Waals surface area contributed by atoms with Gasteiger partial charge in [0.1, 0.15) is 6.42 Å². The average Bonchev–Trinajstić information content (AvgIpc) is 1.63. The molecule has 0 bridgehead atoms. The van der Waals surface area contributed by atoms with E-state index in [1.807, 2.05) is 0 Å². The molecule has 0 fully saturated rings. The molecule has 10 heavy (non-hydrogen) atoms. The van der Waals surface area contributed by atoms with Gasteiger partial charge in [-0.05, 0) is 0 Å². The van der Waals surface area contributed by atoms with Crippen molar-refractivity contribution < 1.29 is 45.0 Å². The summed E-state index contributed by atoms with van der Waals surface area (Å²) in [6, 6.07) is 0. The van der Waals surface area contributed by atoms with Crippen molar-refractivity contribution in [3.8, 4) is 0 Å². The molecule has 0 saturated heterocycles. The third-order valence-electron chi connectivity index (χ3n) is 0.550. The van der Waals surface area contributed by atoms with Crippen molar-refractivity contribution in [3.05, 3.63) is 0 Å². The van der Waals surface area contributed by atoms with Crippen LogP contribution >= 0.6 is 0 Å². The smallest absolute Gasteiger partial charge is 0.372 e. The summed E-state index contributed by atoms with van der Waals surface area (Å²) < 4.78 is 0. The zero-order valence-corrected chi connectivity index (χ0v) is 6.20. The van der Waals surface area contributed by atoms with Crippen molar-refractivity contribution >= 4 is 17.7 Å². The number of carboxylic acid groups (broad SMARTS) is 2. The van der Waals surface area contributed by atoms with Gasteiger partial charge >= 0.3 is 11.9 Å². The van der Waals surface area contributed by atoms with E-state index < -0.39 is 24.1 Å². The second kappa shape index (κ2) is 5.09. The first-order chi connectivity index (χ1) is 4.04. The van der Waals surface area contributed by atoms with Crippen LogP contribution in [0.3, 0.4) is 0 Å². The number of aliphatic carboxylic acids is 2. The molecule has 0 rings (SSSR count). The maximum Gasteiger partial charge on any atom is 0.372 e. The van der Waals surface area contributed by atoms with Gasteiger partial charge in [-0.15, -0.1) is 0 Å². The van der Waals surface area contributed by atoms with E-state index in [0.717, 1.165) is 0 Å². The predicted molar refractivity (Wildman–Crippen MR) is 24.9 cm³/mol. The van der Waals surface area contributed by atoms with E-state index in [1.165, 1.54) is 0 Å². The number of hydrogen-bond donors (Lipinski definition) is 2. The van der Waals surface area contributed by atoms with Crippen molar-refractivity contribution in [2.75, 3.05) is 0 Å². The first-order valence-corrected chi connectivity index (χ1v) is 2.02. The van der Waals surface area contributed by atoms with Gasteiger partial charge in [-0.25, -0.2) is 4.79 Å². The molecule has 0 aromatic carbocycles. The van der Waals surface area contributed by atoms with E-state index in [0.29, 0.717) is 0 Å². The van der Waals surface area contributed by atoms with Crippen LogP contribution in [0, 0.1) is 0 Å². The Bertz CT molecular complexity index is 163. The summed E-state index contributed by atoms with van der Waals surface area (Å²) in [5, 5.41) is 15.7. The van der Waals surface area contributed by atoms with Gasteiger partial charge in [-0.1, -0.05) is 0 Å². The van der Waals surface area contributed by atoms with E-state index in [-0.39, 0.29) is 20.4 Å². The number of Topliss-reactive ketones (excluding diaryl/α,β-unsaturated/α-hetero) is 1. The van der Waals surface area contributed by atoms with Gasteiger partial charge in [0.15, 0.2) is 0 Å². The number of rotatable bonds is 3. The molecule has 0 aliphatic carbocycles. The number of carbonyl (C=O) groups is 3. The molecule has 0 amide bonds. The second-order valence-electron chi connectivity index (χ2n) is 1.30. The van der Waals surface area contributed by atoms with E-state index in [2.05, 4.69) is 0 Å². The summed E-state index contributed by atoms with van der Waals surface area (Å²) in [7, 11) is 0. The van der Waals surface area contributed by atoms with Crippen LogP contribution in [0.2, 0.25) is 0 Å². The van der Waals surface area contributed by atoms with Gasteiger partial charge in [-0.3, -0.25) is 9.59 Å². The SMILES string of the molecule is O=C(O)CC(=O)C(=O)O.[Pd].